The summed E-state index contributed by atoms with van der Waals surface area (Å²) in [5.41, 5.74) is 0. The van der Waals surface area contributed by atoms with E-state index in [1.54, 1.807) is 11.3 Å². The molecule has 0 saturated carbocycles. The standard InChI is InChI=1S/C13H17N3O2S2/c1-9(2)12-15-16-13(18-12)20-8-11(17)14-6-5-10-4-3-7-19-10/h3-4,7,9H,5-6,8H2,1-2H3,(H,14,17). The van der Waals surface area contributed by atoms with E-state index in [-0.39, 0.29) is 11.8 Å². The van der Waals surface area contributed by atoms with E-state index in [0.717, 1.165) is 6.42 Å². The van der Waals surface area contributed by atoms with Crippen molar-refractivity contribution in [3.8, 4) is 0 Å². The van der Waals surface area contributed by atoms with Gasteiger partial charge in [-0.3, -0.25) is 4.79 Å². The fourth-order valence-corrected chi connectivity index (χ4v) is 2.78. The highest BCUT2D eigenvalue weighted by Gasteiger charge is 2.11. The third-order valence-corrected chi connectivity index (χ3v) is 4.27. The SMILES string of the molecule is CC(C)c1nnc(SCC(=O)NCCc2cccs2)o1. The minimum atomic E-state index is -0.0177. The van der Waals surface area contributed by atoms with Crippen LogP contribution in [0.15, 0.2) is 27.2 Å². The molecule has 1 N–H and O–H groups in total. The van der Waals surface area contributed by atoms with Crippen molar-refractivity contribution in [2.45, 2.75) is 31.4 Å². The van der Waals surface area contributed by atoms with Crippen molar-refractivity contribution in [3.05, 3.63) is 28.3 Å². The molecular formula is C13H17N3O2S2. The molecule has 0 bridgehead atoms. The lowest BCUT2D eigenvalue weighted by atomic mass is 10.2. The topological polar surface area (TPSA) is 68.0 Å². The van der Waals surface area contributed by atoms with E-state index in [4.69, 9.17) is 4.42 Å². The Labute approximate surface area is 126 Å². The molecule has 0 aromatic carbocycles. The number of hydrogen-bond acceptors (Lipinski definition) is 6. The molecule has 1 amide bonds. The van der Waals surface area contributed by atoms with Crippen LogP contribution in [0, 0.1) is 0 Å². The Bertz CT molecular complexity index is 538. The van der Waals surface area contributed by atoms with Crippen molar-refractivity contribution < 1.29 is 9.21 Å². The minimum Gasteiger partial charge on any atom is -0.416 e. The lowest BCUT2D eigenvalue weighted by Crippen LogP contribution is -2.27. The summed E-state index contributed by atoms with van der Waals surface area (Å²) in [5, 5.41) is 13.2. The van der Waals surface area contributed by atoms with Gasteiger partial charge >= 0.3 is 0 Å². The number of carbonyl (C=O) groups is 1. The summed E-state index contributed by atoms with van der Waals surface area (Å²) in [6.07, 6.45) is 0.867. The molecule has 108 valence electrons. The molecule has 2 rings (SSSR count). The van der Waals surface area contributed by atoms with Crippen LogP contribution >= 0.6 is 23.1 Å². The van der Waals surface area contributed by atoms with Crippen molar-refractivity contribution in [1.82, 2.24) is 15.5 Å². The van der Waals surface area contributed by atoms with E-state index < -0.39 is 0 Å². The first-order valence-corrected chi connectivity index (χ1v) is 8.27. The lowest BCUT2D eigenvalue weighted by molar-refractivity contribution is -0.118. The minimum absolute atomic E-state index is 0.0177. The third-order valence-electron chi connectivity index (χ3n) is 2.52. The van der Waals surface area contributed by atoms with Crippen LogP contribution in [0.3, 0.4) is 0 Å². The van der Waals surface area contributed by atoms with Gasteiger partial charge in [-0.2, -0.15) is 0 Å². The first-order valence-electron chi connectivity index (χ1n) is 6.40. The van der Waals surface area contributed by atoms with Gasteiger partial charge in [0.05, 0.1) is 5.75 Å². The first kappa shape index (κ1) is 15.1. The number of thioether (sulfide) groups is 1. The number of nitrogens with zero attached hydrogens (tertiary/aromatic N) is 2. The summed E-state index contributed by atoms with van der Waals surface area (Å²) in [6.45, 7) is 4.62. The van der Waals surface area contributed by atoms with Crippen molar-refractivity contribution >= 4 is 29.0 Å². The number of carbonyl (C=O) groups excluding carboxylic acids is 1. The van der Waals surface area contributed by atoms with E-state index in [9.17, 15) is 4.79 Å². The smallest absolute Gasteiger partial charge is 0.277 e. The molecule has 2 heterocycles. The van der Waals surface area contributed by atoms with Crippen LogP contribution in [0.5, 0.6) is 0 Å². The molecule has 0 spiro atoms. The zero-order valence-corrected chi connectivity index (χ0v) is 13.1. The lowest BCUT2D eigenvalue weighted by Gasteiger charge is -2.02. The van der Waals surface area contributed by atoms with Gasteiger partial charge in [0.15, 0.2) is 0 Å². The van der Waals surface area contributed by atoms with Crippen molar-refractivity contribution in [1.29, 1.82) is 0 Å². The van der Waals surface area contributed by atoms with Gasteiger partial charge in [-0.05, 0) is 17.9 Å². The molecule has 20 heavy (non-hydrogen) atoms. The molecule has 5 nitrogen and oxygen atoms in total. The van der Waals surface area contributed by atoms with Gasteiger partial charge in [-0.1, -0.05) is 31.7 Å². The Balaban J connectivity index is 1.66. The molecular weight excluding hydrogens is 294 g/mol. The van der Waals surface area contributed by atoms with Gasteiger partial charge in [-0.25, -0.2) is 0 Å². The van der Waals surface area contributed by atoms with E-state index in [2.05, 4.69) is 21.6 Å². The van der Waals surface area contributed by atoms with E-state index in [1.807, 2.05) is 25.3 Å². The van der Waals surface area contributed by atoms with E-state index in [1.165, 1.54) is 16.6 Å². The van der Waals surface area contributed by atoms with Crippen molar-refractivity contribution in [3.63, 3.8) is 0 Å². The Morgan fingerprint density at radius 2 is 2.35 bits per heavy atom. The second-order valence-corrected chi connectivity index (χ2v) is 6.49. The first-order chi connectivity index (χ1) is 9.65. The molecule has 0 unspecified atom stereocenters. The van der Waals surface area contributed by atoms with Gasteiger partial charge < -0.3 is 9.73 Å². The summed E-state index contributed by atoms with van der Waals surface area (Å²) in [7, 11) is 0. The van der Waals surface area contributed by atoms with Gasteiger partial charge in [0.2, 0.25) is 11.8 Å². The van der Waals surface area contributed by atoms with Crippen LogP contribution in [0.2, 0.25) is 0 Å². The number of amides is 1. The van der Waals surface area contributed by atoms with Crippen LogP contribution in [0.1, 0.15) is 30.5 Å². The fraction of sp³-hybridized carbons (Fsp3) is 0.462. The number of thiophene rings is 1. The zero-order chi connectivity index (χ0) is 14.4. The summed E-state index contributed by atoms with van der Waals surface area (Å²) in [6, 6.07) is 4.08. The molecule has 0 aliphatic carbocycles. The van der Waals surface area contributed by atoms with E-state index >= 15 is 0 Å². The Morgan fingerprint density at radius 1 is 1.50 bits per heavy atom. The predicted molar refractivity (Wildman–Crippen MR) is 80.1 cm³/mol. The predicted octanol–water partition coefficient (Wildman–Crippen LogP) is 2.71. The zero-order valence-electron chi connectivity index (χ0n) is 11.5. The molecule has 2 aromatic heterocycles. The molecule has 7 heteroatoms. The quantitative estimate of drug-likeness (QED) is 0.796. The maximum atomic E-state index is 11.7. The van der Waals surface area contributed by atoms with Crippen LogP contribution in [-0.2, 0) is 11.2 Å². The second kappa shape index (κ2) is 7.44. The fourth-order valence-electron chi connectivity index (χ4n) is 1.47. The molecule has 2 aromatic rings. The number of hydrogen-bond donors (Lipinski definition) is 1. The molecule has 0 aliphatic rings. The number of aromatic nitrogens is 2. The van der Waals surface area contributed by atoms with Crippen molar-refractivity contribution in [2.24, 2.45) is 0 Å². The van der Waals surface area contributed by atoms with Crippen LogP contribution in [-0.4, -0.2) is 28.4 Å². The maximum Gasteiger partial charge on any atom is 0.277 e. The Morgan fingerprint density at radius 3 is 3.00 bits per heavy atom. The van der Waals surface area contributed by atoms with Gasteiger partial charge in [0.25, 0.3) is 5.22 Å². The summed E-state index contributed by atoms with van der Waals surface area (Å²) < 4.78 is 5.42. The highest BCUT2D eigenvalue weighted by Crippen LogP contribution is 2.19. The largest absolute Gasteiger partial charge is 0.416 e. The normalized spacial score (nSPS) is 10.9. The summed E-state index contributed by atoms with van der Waals surface area (Å²) in [5.74, 6) is 1.09. The van der Waals surface area contributed by atoms with Crippen LogP contribution in [0.4, 0.5) is 0 Å². The van der Waals surface area contributed by atoms with E-state index in [0.29, 0.717) is 23.4 Å². The number of nitrogens with one attached hydrogen (secondary N) is 1. The highest BCUT2D eigenvalue weighted by atomic mass is 32.2. The van der Waals surface area contributed by atoms with Crippen LogP contribution < -0.4 is 5.32 Å². The monoisotopic (exact) mass is 311 g/mol. The molecule has 0 radical (unpaired) electrons. The van der Waals surface area contributed by atoms with Crippen molar-refractivity contribution in [2.75, 3.05) is 12.3 Å². The maximum absolute atomic E-state index is 11.7. The highest BCUT2D eigenvalue weighted by molar-refractivity contribution is 7.99. The summed E-state index contributed by atoms with van der Waals surface area (Å²) in [4.78, 5) is 12.9. The van der Waals surface area contributed by atoms with Gasteiger partial charge in [-0.15, -0.1) is 21.5 Å². The second-order valence-electron chi connectivity index (χ2n) is 4.53. The summed E-state index contributed by atoms with van der Waals surface area (Å²) >= 11 is 2.97. The molecule has 0 atom stereocenters. The average molecular weight is 311 g/mol. The molecule has 0 saturated heterocycles. The van der Waals surface area contributed by atoms with Gasteiger partial charge in [0.1, 0.15) is 0 Å². The third kappa shape index (κ3) is 4.64. The number of rotatable bonds is 7. The molecule has 0 fully saturated rings. The Hall–Kier alpha value is -1.34. The molecule has 0 aliphatic heterocycles. The van der Waals surface area contributed by atoms with Gasteiger partial charge in [0, 0.05) is 17.3 Å². The van der Waals surface area contributed by atoms with Crippen LogP contribution in [0.25, 0.3) is 0 Å². The average Bonchev–Trinajstić information content (AvgIpc) is 3.07. The Kier molecular flexibility index (Phi) is 5.60.